The van der Waals surface area contributed by atoms with E-state index in [1.165, 1.54) is 0 Å². The summed E-state index contributed by atoms with van der Waals surface area (Å²) in [5.41, 5.74) is -0.331. The van der Waals surface area contributed by atoms with Crippen LogP contribution < -0.4 is 0 Å². The molecule has 6 heteroatoms. The number of hydrogen-bond donors (Lipinski definition) is 0. The number of amides is 1. The molecule has 0 spiro atoms. The lowest BCUT2D eigenvalue weighted by atomic mass is 10.1. The molecule has 1 heterocycles. The van der Waals surface area contributed by atoms with Gasteiger partial charge in [-0.1, -0.05) is 36.4 Å². The summed E-state index contributed by atoms with van der Waals surface area (Å²) in [6.07, 6.45) is 0.525. The van der Waals surface area contributed by atoms with Gasteiger partial charge in [-0.25, -0.2) is 13.6 Å². The van der Waals surface area contributed by atoms with Gasteiger partial charge in [-0.2, -0.15) is 0 Å². The van der Waals surface area contributed by atoms with E-state index in [-0.39, 0.29) is 5.91 Å². The second kappa shape index (κ2) is 7.42. The first-order chi connectivity index (χ1) is 12.1. The first-order valence-electron chi connectivity index (χ1n) is 8.06. The molecule has 0 aliphatic carbocycles. The number of esters is 1. The number of rotatable bonds is 4. The van der Waals surface area contributed by atoms with Gasteiger partial charge in [0.25, 0.3) is 5.91 Å². The zero-order chi connectivity index (χ0) is 17.8. The van der Waals surface area contributed by atoms with E-state index >= 15 is 0 Å². The van der Waals surface area contributed by atoms with Crippen LogP contribution in [-0.2, 0) is 9.53 Å². The van der Waals surface area contributed by atoms with Crippen molar-refractivity contribution in [2.45, 2.75) is 18.9 Å². The Hall–Kier alpha value is -2.76. The van der Waals surface area contributed by atoms with Crippen molar-refractivity contribution in [1.82, 2.24) is 4.90 Å². The Morgan fingerprint density at radius 1 is 0.920 bits per heavy atom. The van der Waals surface area contributed by atoms with Crippen LogP contribution >= 0.6 is 0 Å². The van der Waals surface area contributed by atoms with Crippen LogP contribution in [-0.4, -0.2) is 29.9 Å². The Balaban J connectivity index is 1.89. The van der Waals surface area contributed by atoms with Gasteiger partial charge in [-0.15, -0.1) is 0 Å². The van der Waals surface area contributed by atoms with E-state index in [1.54, 1.807) is 35.2 Å². The highest BCUT2D eigenvalue weighted by atomic mass is 19.1. The van der Waals surface area contributed by atoms with Gasteiger partial charge in [0.1, 0.15) is 17.2 Å². The number of hydrogen-bond acceptors (Lipinski definition) is 3. The van der Waals surface area contributed by atoms with Crippen LogP contribution in [0, 0.1) is 11.6 Å². The lowest BCUT2D eigenvalue weighted by Gasteiger charge is -2.23. The Morgan fingerprint density at radius 2 is 1.52 bits per heavy atom. The zero-order valence-corrected chi connectivity index (χ0v) is 13.5. The maximum absolute atomic E-state index is 13.8. The molecule has 0 N–H and O–H groups in total. The van der Waals surface area contributed by atoms with E-state index in [2.05, 4.69) is 0 Å². The fourth-order valence-electron chi connectivity index (χ4n) is 2.85. The van der Waals surface area contributed by atoms with E-state index in [1.807, 2.05) is 0 Å². The van der Waals surface area contributed by atoms with Gasteiger partial charge < -0.3 is 9.64 Å². The second-order valence-corrected chi connectivity index (χ2v) is 5.83. The minimum atomic E-state index is -1.23. The number of carbonyl (C=O) groups excluding carboxylic acids is 2. The van der Waals surface area contributed by atoms with Crippen molar-refractivity contribution in [3.63, 3.8) is 0 Å². The summed E-state index contributed by atoms with van der Waals surface area (Å²) in [4.78, 5) is 26.7. The quantitative estimate of drug-likeness (QED) is 0.797. The van der Waals surface area contributed by atoms with Gasteiger partial charge in [0, 0.05) is 18.7 Å². The van der Waals surface area contributed by atoms with Gasteiger partial charge >= 0.3 is 5.97 Å². The van der Waals surface area contributed by atoms with E-state index in [9.17, 15) is 18.4 Å². The molecule has 0 saturated carbocycles. The standard InChI is InChI=1S/C19H17F2NO3/c20-14-9-6-10-15(21)16(14)19(24)25-17(13-7-2-1-3-8-13)18(23)22-11-4-5-12-22/h1-3,6-10,17H,4-5,11-12H2/t17-/m1/s1. The molecule has 2 aromatic rings. The fourth-order valence-corrected chi connectivity index (χ4v) is 2.85. The van der Waals surface area contributed by atoms with Gasteiger partial charge in [0.15, 0.2) is 0 Å². The normalized spacial score (nSPS) is 15.0. The van der Waals surface area contributed by atoms with Gasteiger partial charge in [0.05, 0.1) is 0 Å². The maximum Gasteiger partial charge on any atom is 0.345 e. The van der Waals surface area contributed by atoms with Crippen molar-refractivity contribution in [3.05, 3.63) is 71.3 Å². The number of carbonyl (C=O) groups is 2. The molecule has 1 atom stereocenters. The van der Waals surface area contributed by atoms with Crippen molar-refractivity contribution in [2.24, 2.45) is 0 Å². The lowest BCUT2D eigenvalue weighted by Crippen LogP contribution is -2.35. The Labute approximate surface area is 144 Å². The third-order valence-electron chi connectivity index (χ3n) is 4.14. The topological polar surface area (TPSA) is 46.6 Å². The third-order valence-corrected chi connectivity index (χ3v) is 4.14. The number of likely N-dealkylation sites (tertiary alicyclic amines) is 1. The molecule has 1 fully saturated rings. The monoisotopic (exact) mass is 345 g/mol. The average Bonchev–Trinajstić information content (AvgIpc) is 3.14. The summed E-state index contributed by atoms with van der Waals surface area (Å²) in [5, 5.41) is 0. The van der Waals surface area contributed by atoms with Crippen molar-refractivity contribution < 1.29 is 23.1 Å². The van der Waals surface area contributed by atoms with Crippen LogP contribution in [0.15, 0.2) is 48.5 Å². The largest absolute Gasteiger partial charge is 0.444 e. The predicted octanol–water partition coefficient (Wildman–Crippen LogP) is 3.49. The third kappa shape index (κ3) is 3.68. The molecule has 1 aliphatic rings. The first-order valence-corrected chi connectivity index (χ1v) is 8.06. The molecule has 0 unspecified atom stereocenters. The Kier molecular flexibility index (Phi) is 5.07. The highest BCUT2D eigenvalue weighted by Crippen LogP contribution is 2.25. The van der Waals surface area contributed by atoms with Crippen LogP contribution in [0.2, 0.25) is 0 Å². The highest BCUT2D eigenvalue weighted by molar-refractivity contribution is 5.93. The number of benzene rings is 2. The number of halogens is 2. The second-order valence-electron chi connectivity index (χ2n) is 5.83. The van der Waals surface area contributed by atoms with Gasteiger partial charge in [-0.05, 0) is 25.0 Å². The molecule has 1 amide bonds. The van der Waals surface area contributed by atoms with Crippen LogP contribution in [0.5, 0.6) is 0 Å². The molecule has 1 aliphatic heterocycles. The van der Waals surface area contributed by atoms with E-state index in [0.717, 1.165) is 31.0 Å². The average molecular weight is 345 g/mol. The SMILES string of the molecule is O=C(O[C@@H](C(=O)N1CCCC1)c1ccccc1)c1c(F)cccc1F. The molecule has 0 radical (unpaired) electrons. The predicted molar refractivity (Wildman–Crippen MR) is 86.8 cm³/mol. The summed E-state index contributed by atoms with van der Waals surface area (Å²) < 4.78 is 32.9. The fraction of sp³-hybridized carbons (Fsp3) is 0.263. The van der Waals surface area contributed by atoms with E-state index < -0.39 is 29.3 Å². The molecule has 1 saturated heterocycles. The summed E-state index contributed by atoms with van der Waals surface area (Å²) in [5.74, 6) is -3.62. The molecule has 130 valence electrons. The van der Waals surface area contributed by atoms with Crippen LogP contribution in [0.25, 0.3) is 0 Å². The van der Waals surface area contributed by atoms with Crippen molar-refractivity contribution >= 4 is 11.9 Å². The van der Waals surface area contributed by atoms with Gasteiger partial charge in [0.2, 0.25) is 6.10 Å². The zero-order valence-electron chi connectivity index (χ0n) is 13.5. The maximum atomic E-state index is 13.8. The molecule has 3 rings (SSSR count). The number of ether oxygens (including phenoxy) is 1. The first kappa shape index (κ1) is 17.1. The molecule has 0 aromatic heterocycles. The summed E-state index contributed by atoms with van der Waals surface area (Å²) in [6.45, 7) is 1.15. The summed E-state index contributed by atoms with van der Waals surface area (Å²) >= 11 is 0. The smallest absolute Gasteiger partial charge is 0.345 e. The molecular formula is C19H17F2NO3. The molecular weight excluding hydrogens is 328 g/mol. The van der Waals surface area contributed by atoms with Crippen molar-refractivity contribution in [2.75, 3.05) is 13.1 Å². The molecule has 0 bridgehead atoms. The van der Waals surface area contributed by atoms with E-state index in [0.29, 0.717) is 18.7 Å². The molecule has 25 heavy (non-hydrogen) atoms. The minimum absolute atomic E-state index is 0.381. The summed E-state index contributed by atoms with van der Waals surface area (Å²) in [6, 6.07) is 11.6. The Bertz CT molecular complexity index is 753. The van der Waals surface area contributed by atoms with Crippen LogP contribution in [0.4, 0.5) is 8.78 Å². The lowest BCUT2D eigenvalue weighted by molar-refractivity contribution is -0.140. The van der Waals surface area contributed by atoms with Crippen LogP contribution in [0.3, 0.4) is 0 Å². The molecule has 2 aromatic carbocycles. The van der Waals surface area contributed by atoms with Crippen molar-refractivity contribution in [1.29, 1.82) is 0 Å². The number of nitrogens with zero attached hydrogens (tertiary/aromatic N) is 1. The van der Waals surface area contributed by atoms with Gasteiger partial charge in [-0.3, -0.25) is 4.79 Å². The minimum Gasteiger partial charge on any atom is -0.444 e. The van der Waals surface area contributed by atoms with E-state index in [4.69, 9.17) is 4.74 Å². The van der Waals surface area contributed by atoms with Crippen LogP contribution in [0.1, 0.15) is 34.9 Å². The summed E-state index contributed by atoms with van der Waals surface area (Å²) in [7, 11) is 0. The Morgan fingerprint density at radius 3 is 2.12 bits per heavy atom. The molecule has 4 nitrogen and oxygen atoms in total. The highest BCUT2D eigenvalue weighted by Gasteiger charge is 2.32. The van der Waals surface area contributed by atoms with Crippen molar-refractivity contribution in [3.8, 4) is 0 Å².